The topological polar surface area (TPSA) is 108 Å². The molecule has 132 valence electrons. The molecule has 3 amide bonds. The Morgan fingerprint density at radius 3 is 2.29 bits per heavy atom. The van der Waals surface area contributed by atoms with Crippen LogP contribution in [0.25, 0.3) is 0 Å². The van der Waals surface area contributed by atoms with E-state index in [4.69, 9.17) is 38.4 Å². The SMILES string of the molecule is CC(C)[C@@H](OC(=O)[C@H](C)Oc1ccc(Cl)cc1Cl)C(=O)NC(N)=O. The Bertz CT molecular complexity index is 636. The van der Waals surface area contributed by atoms with Crippen molar-refractivity contribution in [3.63, 3.8) is 0 Å². The highest BCUT2D eigenvalue weighted by molar-refractivity contribution is 6.35. The van der Waals surface area contributed by atoms with Gasteiger partial charge >= 0.3 is 12.0 Å². The van der Waals surface area contributed by atoms with Crippen molar-refractivity contribution in [2.75, 3.05) is 0 Å². The molecule has 1 aromatic carbocycles. The number of esters is 1. The first-order valence-corrected chi connectivity index (χ1v) is 7.80. The molecule has 1 aromatic rings. The fourth-order valence-corrected chi connectivity index (χ4v) is 2.17. The number of nitrogens with two attached hydrogens (primary N) is 1. The standard InChI is InChI=1S/C15H18Cl2N2O5/c1-7(2)12(13(20)19-15(18)22)24-14(21)8(3)23-11-5-4-9(16)6-10(11)17/h4-8,12H,1-3H3,(H3,18,19,20,22)/t8-,12+/m0/s1. The van der Waals surface area contributed by atoms with Gasteiger partial charge in [-0.2, -0.15) is 0 Å². The van der Waals surface area contributed by atoms with Crippen molar-refractivity contribution >= 4 is 41.1 Å². The second-order valence-electron chi connectivity index (χ2n) is 5.29. The van der Waals surface area contributed by atoms with Crippen LogP contribution in [0.1, 0.15) is 20.8 Å². The zero-order chi connectivity index (χ0) is 18.4. The van der Waals surface area contributed by atoms with Gasteiger partial charge in [0.2, 0.25) is 0 Å². The normalized spacial score (nSPS) is 13.1. The number of rotatable bonds is 6. The lowest BCUT2D eigenvalue weighted by Gasteiger charge is -2.22. The number of benzene rings is 1. The molecule has 9 heteroatoms. The highest BCUT2D eigenvalue weighted by Gasteiger charge is 2.30. The van der Waals surface area contributed by atoms with Crippen molar-refractivity contribution in [2.45, 2.75) is 33.0 Å². The lowest BCUT2D eigenvalue weighted by Crippen LogP contribution is -2.46. The number of amides is 3. The van der Waals surface area contributed by atoms with E-state index >= 15 is 0 Å². The van der Waals surface area contributed by atoms with Crippen LogP contribution in [-0.2, 0) is 14.3 Å². The molecule has 2 atom stereocenters. The first kappa shape index (κ1) is 20.1. The summed E-state index contributed by atoms with van der Waals surface area (Å²) in [6.07, 6.45) is -2.22. The van der Waals surface area contributed by atoms with E-state index in [1.54, 1.807) is 19.9 Å². The molecule has 0 saturated carbocycles. The molecule has 0 aliphatic rings. The summed E-state index contributed by atoms with van der Waals surface area (Å²) in [4.78, 5) is 34.7. The number of nitrogens with one attached hydrogen (secondary N) is 1. The zero-order valence-electron chi connectivity index (χ0n) is 13.3. The molecule has 7 nitrogen and oxygen atoms in total. The molecular formula is C15H18Cl2N2O5. The molecule has 0 aromatic heterocycles. The number of imide groups is 1. The molecule has 0 heterocycles. The molecule has 0 fully saturated rings. The fraction of sp³-hybridized carbons (Fsp3) is 0.400. The van der Waals surface area contributed by atoms with Crippen LogP contribution in [0.2, 0.25) is 10.0 Å². The molecule has 1 rings (SSSR count). The van der Waals surface area contributed by atoms with Gasteiger partial charge in [-0.05, 0) is 31.0 Å². The Labute approximate surface area is 149 Å². The summed E-state index contributed by atoms with van der Waals surface area (Å²) in [6, 6.07) is 3.50. The third kappa shape index (κ3) is 5.90. The Morgan fingerprint density at radius 1 is 1.17 bits per heavy atom. The van der Waals surface area contributed by atoms with Gasteiger partial charge in [0.05, 0.1) is 5.02 Å². The van der Waals surface area contributed by atoms with Crippen LogP contribution in [0.4, 0.5) is 4.79 Å². The number of carbonyl (C=O) groups excluding carboxylic acids is 3. The number of carbonyl (C=O) groups is 3. The van der Waals surface area contributed by atoms with Gasteiger partial charge in [-0.25, -0.2) is 9.59 Å². The second-order valence-corrected chi connectivity index (χ2v) is 6.13. The average Bonchev–Trinajstić information content (AvgIpc) is 2.45. The number of hydrogen-bond donors (Lipinski definition) is 2. The first-order chi connectivity index (χ1) is 11.1. The Morgan fingerprint density at radius 2 is 1.79 bits per heavy atom. The molecule has 0 saturated heterocycles. The van der Waals surface area contributed by atoms with E-state index in [1.807, 2.05) is 5.32 Å². The van der Waals surface area contributed by atoms with Crippen LogP contribution in [0.3, 0.4) is 0 Å². The molecule has 0 unspecified atom stereocenters. The van der Waals surface area contributed by atoms with Crippen LogP contribution in [-0.4, -0.2) is 30.1 Å². The third-order valence-corrected chi connectivity index (χ3v) is 3.41. The summed E-state index contributed by atoms with van der Waals surface area (Å²) >= 11 is 11.7. The largest absolute Gasteiger partial charge is 0.477 e. The predicted octanol–water partition coefficient (Wildman–Crippen LogP) is 2.52. The van der Waals surface area contributed by atoms with Crippen LogP contribution >= 0.6 is 23.2 Å². The van der Waals surface area contributed by atoms with E-state index in [0.717, 1.165) is 0 Å². The second kappa shape index (κ2) is 8.75. The molecule has 0 aliphatic carbocycles. The van der Waals surface area contributed by atoms with Crippen LogP contribution in [0.15, 0.2) is 18.2 Å². The van der Waals surface area contributed by atoms with E-state index in [0.29, 0.717) is 5.02 Å². The summed E-state index contributed by atoms with van der Waals surface area (Å²) in [5, 5.41) is 2.53. The van der Waals surface area contributed by atoms with Crippen molar-refractivity contribution in [3.8, 4) is 5.75 Å². The van der Waals surface area contributed by atoms with Crippen molar-refractivity contribution in [3.05, 3.63) is 28.2 Å². The molecule has 24 heavy (non-hydrogen) atoms. The van der Waals surface area contributed by atoms with Gasteiger partial charge in [0.15, 0.2) is 12.2 Å². The summed E-state index contributed by atoms with van der Waals surface area (Å²) in [5.74, 6) is -1.73. The van der Waals surface area contributed by atoms with Gasteiger partial charge < -0.3 is 15.2 Å². The van der Waals surface area contributed by atoms with Gasteiger partial charge in [0.25, 0.3) is 5.91 Å². The molecule has 3 N–H and O–H groups in total. The number of hydrogen-bond acceptors (Lipinski definition) is 5. The maximum absolute atomic E-state index is 12.1. The van der Waals surface area contributed by atoms with E-state index < -0.39 is 30.1 Å². The van der Waals surface area contributed by atoms with Crippen molar-refractivity contribution in [1.29, 1.82) is 0 Å². The minimum atomic E-state index is -1.18. The number of ether oxygens (including phenoxy) is 2. The molecule has 0 aliphatic heterocycles. The Kier molecular flexibility index (Phi) is 7.31. The fourth-order valence-electron chi connectivity index (χ4n) is 1.72. The summed E-state index contributed by atoms with van der Waals surface area (Å²) in [5.41, 5.74) is 4.89. The van der Waals surface area contributed by atoms with E-state index in [1.165, 1.54) is 19.1 Å². The van der Waals surface area contributed by atoms with Crippen LogP contribution < -0.4 is 15.8 Å². The highest BCUT2D eigenvalue weighted by Crippen LogP contribution is 2.28. The van der Waals surface area contributed by atoms with Crippen molar-refractivity contribution in [1.82, 2.24) is 5.32 Å². The number of primary amides is 1. The van der Waals surface area contributed by atoms with E-state index in [2.05, 4.69) is 0 Å². The van der Waals surface area contributed by atoms with Gasteiger partial charge in [0, 0.05) is 5.02 Å². The first-order valence-electron chi connectivity index (χ1n) is 7.04. The molecule has 0 spiro atoms. The van der Waals surface area contributed by atoms with Crippen molar-refractivity contribution in [2.24, 2.45) is 11.7 Å². The predicted molar refractivity (Wildman–Crippen MR) is 89.0 cm³/mol. The van der Waals surface area contributed by atoms with E-state index in [9.17, 15) is 14.4 Å². The smallest absolute Gasteiger partial charge is 0.347 e. The van der Waals surface area contributed by atoms with Gasteiger partial charge in [0.1, 0.15) is 5.75 Å². The summed E-state index contributed by atoms with van der Waals surface area (Å²) in [6.45, 7) is 4.75. The minimum absolute atomic E-state index is 0.231. The lowest BCUT2D eigenvalue weighted by atomic mass is 10.1. The van der Waals surface area contributed by atoms with E-state index in [-0.39, 0.29) is 16.7 Å². The monoisotopic (exact) mass is 376 g/mol. The van der Waals surface area contributed by atoms with Crippen LogP contribution in [0, 0.1) is 5.92 Å². The summed E-state index contributed by atoms with van der Waals surface area (Å²) in [7, 11) is 0. The number of halogens is 2. The maximum atomic E-state index is 12.1. The van der Waals surface area contributed by atoms with Crippen molar-refractivity contribution < 1.29 is 23.9 Å². The summed E-state index contributed by atoms with van der Waals surface area (Å²) < 4.78 is 10.5. The zero-order valence-corrected chi connectivity index (χ0v) is 14.9. The van der Waals surface area contributed by atoms with Crippen LogP contribution in [0.5, 0.6) is 5.75 Å². The molecular weight excluding hydrogens is 359 g/mol. The minimum Gasteiger partial charge on any atom is -0.477 e. The van der Waals surface area contributed by atoms with Gasteiger partial charge in [-0.15, -0.1) is 0 Å². The molecule has 0 radical (unpaired) electrons. The lowest BCUT2D eigenvalue weighted by molar-refractivity contribution is -0.164. The molecule has 0 bridgehead atoms. The van der Waals surface area contributed by atoms with Gasteiger partial charge in [-0.3, -0.25) is 10.1 Å². The number of urea groups is 1. The average molecular weight is 377 g/mol. The quantitative estimate of drug-likeness (QED) is 0.741. The third-order valence-electron chi connectivity index (χ3n) is 2.88. The Hall–Kier alpha value is -1.99. The maximum Gasteiger partial charge on any atom is 0.347 e. The van der Waals surface area contributed by atoms with Gasteiger partial charge in [-0.1, -0.05) is 37.0 Å². The Balaban J connectivity index is 2.76. The highest BCUT2D eigenvalue weighted by atomic mass is 35.5.